The smallest absolute Gasteiger partial charge is 0.187 e. The quantitative estimate of drug-likeness (QED) is 0.508. The number of hydroxylamine groups is 2. The van der Waals surface area contributed by atoms with E-state index in [2.05, 4.69) is 0 Å². The van der Waals surface area contributed by atoms with Gasteiger partial charge in [-0.25, -0.2) is 0 Å². The Morgan fingerprint density at radius 1 is 1.24 bits per heavy atom. The van der Waals surface area contributed by atoms with Gasteiger partial charge in [0, 0.05) is 11.8 Å². The van der Waals surface area contributed by atoms with Crippen molar-refractivity contribution in [1.82, 2.24) is 5.06 Å². The van der Waals surface area contributed by atoms with Crippen LogP contribution in [0.3, 0.4) is 0 Å². The zero-order valence-corrected chi connectivity index (χ0v) is 16.0. The molecule has 0 amide bonds. The minimum atomic E-state index is -1.18. The third kappa shape index (κ3) is 5.34. The second kappa shape index (κ2) is 8.77. The number of ketones is 1. The second-order valence-corrected chi connectivity index (χ2v) is 6.88. The van der Waals surface area contributed by atoms with E-state index in [-0.39, 0.29) is 18.1 Å². The Morgan fingerprint density at radius 3 is 2.79 bits per heavy atom. The Labute approximate surface area is 169 Å². The minimum Gasteiger partial charge on any atom is -0.504 e. The minimum absolute atomic E-state index is 0.0549. The lowest BCUT2D eigenvalue weighted by molar-refractivity contribution is -0.112. The third-order valence-corrected chi connectivity index (χ3v) is 4.55. The largest absolute Gasteiger partial charge is 0.504 e. The first-order chi connectivity index (χ1) is 13.9. The van der Waals surface area contributed by atoms with E-state index in [1.165, 1.54) is 19.4 Å². The SMILES string of the molecule is COc1cc(C=CC2=CC(=CN(O)CC3(O)C=CC=CC3)C(=O)C=C2)ccc1O. The summed E-state index contributed by atoms with van der Waals surface area (Å²) in [6.07, 6.45) is 17.1. The number of allylic oxidation sites excluding steroid dienone is 8. The van der Waals surface area contributed by atoms with Gasteiger partial charge in [0.1, 0.15) is 5.60 Å². The summed E-state index contributed by atoms with van der Waals surface area (Å²) in [6.45, 7) is -0.0549. The molecule has 3 rings (SSSR count). The summed E-state index contributed by atoms with van der Waals surface area (Å²) in [5.41, 5.74) is 0.699. The van der Waals surface area contributed by atoms with E-state index in [9.17, 15) is 20.2 Å². The van der Waals surface area contributed by atoms with Crippen molar-refractivity contribution in [1.29, 1.82) is 0 Å². The lowest BCUT2D eigenvalue weighted by Gasteiger charge is -2.28. The molecule has 6 nitrogen and oxygen atoms in total. The molecular weight excluding hydrogens is 370 g/mol. The van der Waals surface area contributed by atoms with Crippen LogP contribution in [0.1, 0.15) is 12.0 Å². The number of carbonyl (C=O) groups excluding carboxylic acids is 1. The maximum atomic E-state index is 12.1. The summed E-state index contributed by atoms with van der Waals surface area (Å²) in [7, 11) is 1.48. The third-order valence-electron chi connectivity index (χ3n) is 4.55. The number of phenols is 1. The Balaban J connectivity index is 1.74. The van der Waals surface area contributed by atoms with Crippen LogP contribution in [0.25, 0.3) is 6.08 Å². The second-order valence-electron chi connectivity index (χ2n) is 6.88. The Morgan fingerprint density at radius 2 is 2.07 bits per heavy atom. The molecule has 0 radical (unpaired) electrons. The summed E-state index contributed by atoms with van der Waals surface area (Å²) >= 11 is 0. The summed E-state index contributed by atoms with van der Waals surface area (Å²) in [6, 6.07) is 4.98. The molecule has 0 saturated heterocycles. The van der Waals surface area contributed by atoms with Gasteiger partial charge in [0.2, 0.25) is 0 Å². The molecule has 1 atom stereocenters. The number of ether oxygens (including phenoxy) is 1. The molecule has 0 spiro atoms. The standard InChI is InChI=1S/C23H23NO5/c1-29-22-14-18(8-10-21(22)26)6-5-17-7-9-20(25)19(13-17)15-24(28)16-23(27)11-3-2-4-12-23/h2-11,13-15,26-28H,12,16H2,1H3. The number of benzene rings is 1. The Bertz CT molecular complexity index is 967. The maximum Gasteiger partial charge on any atom is 0.187 e. The van der Waals surface area contributed by atoms with Crippen molar-refractivity contribution in [3.05, 3.63) is 89.7 Å². The van der Waals surface area contributed by atoms with Gasteiger partial charge in [-0.15, -0.1) is 0 Å². The molecular formula is C23H23NO5. The van der Waals surface area contributed by atoms with Crippen molar-refractivity contribution in [2.45, 2.75) is 12.0 Å². The van der Waals surface area contributed by atoms with Crippen LogP contribution >= 0.6 is 0 Å². The first-order valence-electron chi connectivity index (χ1n) is 9.12. The number of phenolic OH excluding ortho intramolecular Hbond substituents is 1. The molecule has 2 aliphatic carbocycles. The summed E-state index contributed by atoms with van der Waals surface area (Å²) in [5.74, 6) is 0.195. The van der Waals surface area contributed by atoms with Crippen LogP contribution in [-0.4, -0.2) is 45.5 Å². The topological polar surface area (TPSA) is 90.2 Å². The van der Waals surface area contributed by atoms with Gasteiger partial charge in [-0.2, -0.15) is 0 Å². The highest BCUT2D eigenvalue weighted by molar-refractivity contribution is 6.08. The van der Waals surface area contributed by atoms with Crippen LogP contribution in [0.5, 0.6) is 11.5 Å². The van der Waals surface area contributed by atoms with E-state index < -0.39 is 5.60 Å². The summed E-state index contributed by atoms with van der Waals surface area (Å²) in [5, 5.41) is 31.1. The number of hydrogen-bond acceptors (Lipinski definition) is 6. The molecule has 3 N–H and O–H groups in total. The highest BCUT2D eigenvalue weighted by atomic mass is 16.5. The van der Waals surface area contributed by atoms with Gasteiger partial charge in [-0.1, -0.05) is 48.6 Å². The van der Waals surface area contributed by atoms with Crippen LogP contribution in [0.2, 0.25) is 0 Å². The normalized spacial score (nSPS) is 22.4. The molecule has 0 heterocycles. The fourth-order valence-electron chi connectivity index (χ4n) is 3.02. The molecule has 1 unspecified atom stereocenters. The van der Waals surface area contributed by atoms with Gasteiger partial charge in [-0.3, -0.25) is 15.1 Å². The van der Waals surface area contributed by atoms with E-state index in [0.29, 0.717) is 17.7 Å². The first-order valence-corrected chi connectivity index (χ1v) is 9.12. The van der Waals surface area contributed by atoms with Crippen LogP contribution in [0.4, 0.5) is 0 Å². The van der Waals surface area contributed by atoms with Crippen molar-refractivity contribution in [2.75, 3.05) is 13.7 Å². The number of rotatable bonds is 6. The average molecular weight is 393 g/mol. The highest BCUT2D eigenvalue weighted by Gasteiger charge is 2.26. The van der Waals surface area contributed by atoms with E-state index >= 15 is 0 Å². The van der Waals surface area contributed by atoms with Gasteiger partial charge < -0.3 is 14.9 Å². The molecule has 2 aliphatic rings. The van der Waals surface area contributed by atoms with Crippen molar-refractivity contribution in [3.8, 4) is 11.5 Å². The van der Waals surface area contributed by atoms with E-state index in [4.69, 9.17) is 4.74 Å². The fraction of sp³-hybridized carbons (Fsp3) is 0.174. The average Bonchev–Trinajstić information content (AvgIpc) is 2.69. The predicted molar refractivity (Wildman–Crippen MR) is 110 cm³/mol. The summed E-state index contributed by atoms with van der Waals surface area (Å²) < 4.78 is 5.09. The number of aliphatic hydroxyl groups is 1. The molecule has 0 fully saturated rings. The Kier molecular flexibility index (Phi) is 6.16. The molecule has 0 aromatic heterocycles. The van der Waals surface area contributed by atoms with Gasteiger partial charge in [-0.05, 0) is 41.8 Å². The Hall–Kier alpha value is -3.35. The van der Waals surface area contributed by atoms with Crippen molar-refractivity contribution in [2.24, 2.45) is 0 Å². The molecule has 29 heavy (non-hydrogen) atoms. The van der Waals surface area contributed by atoms with E-state index in [1.54, 1.807) is 42.5 Å². The zero-order chi connectivity index (χ0) is 20.9. The van der Waals surface area contributed by atoms with Gasteiger partial charge >= 0.3 is 0 Å². The molecule has 0 saturated carbocycles. The molecule has 0 bridgehead atoms. The van der Waals surface area contributed by atoms with Gasteiger partial charge in [0.25, 0.3) is 0 Å². The number of nitrogens with zero attached hydrogens (tertiary/aromatic N) is 1. The lowest BCUT2D eigenvalue weighted by Crippen LogP contribution is -2.38. The fourth-order valence-corrected chi connectivity index (χ4v) is 3.02. The predicted octanol–water partition coefficient (Wildman–Crippen LogP) is 3.30. The van der Waals surface area contributed by atoms with Crippen LogP contribution in [-0.2, 0) is 4.79 Å². The van der Waals surface area contributed by atoms with E-state index in [0.717, 1.165) is 16.2 Å². The number of carbonyl (C=O) groups is 1. The molecule has 1 aromatic rings. The van der Waals surface area contributed by atoms with Crippen molar-refractivity contribution >= 4 is 11.9 Å². The van der Waals surface area contributed by atoms with Crippen molar-refractivity contribution in [3.63, 3.8) is 0 Å². The number of aromatic hydroxyl groups is 1. The summed E-state index contributed by atoms with van der Waals surface area (Å²) in [4.78, 5) is 12.1. The lowest BCUT2D eigenvalue weighted by atomic mass is 9.95. The molecule has 150 valence electrons. The first kappa shape index (κ1) is 20.4. The van der Waals surface area contributed by atoms with Crippen LogP contribution < -0.4 is 4.74 Å². The zero-order valence-electron chi connectivity index (χ0n) is 16.0. The maximum absolute atomic E-state index is 12.1. The molecule has 0 aliphatic heterocycles. The number of hydrogen-bond donors (Lipinski definition) is 3. The molecule has 1 aromatic carbocycles. The van der Waals surface area contributed by atoms with Gasteiger partial charge in [0.05, 0.1) is 13.7 Å². The molecule has 6 heteroatoms. The van der Waals surface area contributed by atoms with Crippen molar-refractivity contribution < 1.29 is 25.0 Å². The monoisotopic (exact) mass is 393 g/mol. The number of methoxy groups -OCH3 is 1. The van der Waals surface area contributed by atoms with Crippen LogP contribution in [0, 0.1) is 0 Å². The van der Waals surface area contributed by atoms with Crippen LogP contribution in [0.15, 0.2) is 84.2 Å². The van der Waals surface area contributed by atoms with Gasteiger partial charge in [0.15, 0.2) is 17.3 Å². The van der Waals surface area contributed by atoms with E-state index in [1.807, 2.05) is 24.3 Å². The highest BCUT2D eigenvalue weighted by Crippen LogP contribution is 2.27.